The fourth-order valence-electron chi connectivity index (χ4n) is 4.28. The normalized spacial score (nSPS) is 11.2. The topological polar surface area (TPSA) is 72.7 Å². The number of carboxylic acid groups (broad SMARTS) is 1. The predicted octanol–water partition coefficient (Wildman–Crippen LogP) is 5.78. The molecule has 0 fully saturated rings. The average Bonchev–Trinajstić information content (AvgIpc) is 3.14. The summed E-state index contributed by atoms with van der Waals surface area (Å²) in [6.07, 6.45) is 0.129. The molecule has 1 aromatic heterocycles. The van der Waals surface area contributed by atoms with Gasteiger partial charge in [0.25, 0.3) is 0 Å². The number of nitrogens with one attached hydrogen (secondary N) is 1. The molecular weight excluding hydrogens is 440 g/mol. The number of ether oxygens (including phenoxy) is 2. The van der Waals surface area contributed by atoms with Gasteiger partial charge in [-0.15, -0.1) is 0 Å². The van der Waals surface area contributed by atoms with Crippen molar-refractivity contribution in [1.82, 2.24) is 9.88 Å². The summed E-state index contributed by atoms with van der Waals surface area (Å²) < 4.78 is 13.0. The number of rotatable bonds is 10. The minimum atomic E-state index is -0.945. The van der Waals surface area contributed by atoms with E-state index in [-0.39, 0.29) is 6.10 Å². The maximum atomic E-state index is 12.5. The van der Waals surface area contributed by atoms with E-state index < -0.39 is 5.97 Å². The minimum Gasteiger partial charge on any atom is -0.497 e. The van der Waals surface area contributed by atoms with Crippen LogP contribution in [-0.4, -0.2) is 28.9 Å². The third-order valence-corrected chi connectivity index (χ3v) is 5.97. The second kappa shape index (κ2) is 10.7. The number of aryl methyl sites for hydroxylation is 1. The molecule has 182 valence electrons. The van der Waals surface area contributed by atoms with E-state index in [1.165, 1.54) is 5.56 Å². The van der Waals surface area contributed by atoms with Crippen LogP contribution in [-0.2, 0) is 19.6 Å². The lowest BCUT2D eigenvalue weighted by molar-refractivity contribution is 0.0684. The Morgan fingerprint density at radius 3 is 2.23 bits per heavy atom. The molecule has 0 bridgehead atoms. The van der Waals surface area contributed by atoms with Crippen molar-refractivity contribution in [2.24, 2.45) is 0 Å². The third kappa shape index (κ3) is 5.66. The van der Waals surface area contributed by atoms with Crippen molar-refractivity contribution in [3.8, 4) is 11.5 Å². The summed E-state index contributed by atoms with van der Waals surface area (Å²) in [5, 5.41) is 14.6. The summed E-state index contributed by atoms with van der Waals surface area (Å²) in [5.41, 5.74) is 5.21. The molecule has 6 heteroatoms. The number of hydrogen-bond donors (Lipinski definition) is 2. The zero-order valence-corrected chi connectivity index (χ0v) is 20.7. The first-order valence-corrected chi connectivity index (χ1v) is 11.8. The highest BCUT2D eigenvalue weighted by Crippen LogP contribution is 2.31. The molecule has 0 saturated carbocycles. The van der Waals surface area contributed by atoms with Crippen molar-refractivity contribution in [2.45, 2.75) is 46.5 Å². The molecule has 6 nitrogen and oxygen atoms in total. The lowest BCUT2D eigenvalue weighted by Gasteiger charge is -2.11. The molecule has 4 rings (SSSR count). The molecule has 1 heterocycles. The van der Waals surface area contributed by atoms with Gasteiger partial charge in [0.1, 0.15) is 17.2 Å². The number of aromatic nitrogens is 1. The Bertz CT molecular complexity index is 1310. The molecule has 0 atom stereocenters. The van der Waals surface area contributed by atoms with Crippen LogP contribution in [0.1, 0.15) is 46.6 Å². The number of aromatic carboxylic acids is 1. The van der Waals surface area contributed by atoms with Gasteiger partial charge in [0, 0.05) is 36.7 Å². The maximum absolute atomic E-state index is 12.5. The van der Waals surface area contributed by atoms with Crippen molar-refractivity contribution in [3.63, 3.8) is 0 Å². The molecule has 4 aromatic rings. The van der Waals surface area contributed by atoms with Gasteiger partial charge in [0.05, 0.1) is 18.7 Å². The zero-order chi connectivity index (χ0) is 24.9. The Morgan fingerprint density at radius 2 is 1.60 bits per heavy atom. The summed E-state index contributed by atoms with van der Waals surface area (Å²) in [7, 11) is 1.62. The molecular formula is C29H32N2O4. The SMILES string of the molecule is COc1ccc2c(CNCc3ccc(OC(C)C)cc3)c(C(=O)O)n(Cc3ccc(C)cc3)c2c1. The highest BCUT2D eigenvalue weighted by molar-refractivity contribution is 5.98. The lowest BCUT2D eigenvalue weighted by atomic mass is 10.1. The molecule has 0 aliphatic heterocycles. The fraction of sp³-hybridized carbons (Fsp3) is 0.276. The van der Waals surface area contributed by atoms with Crippen LogP contribution < -0.4 is 14.8 Å². The first-order valence-electron chi connectivity index (χ1n) is 11.8. The van der Waals surface area contributed by atoms with Crippen molar-refractivity contribution >= 4 is 16.9 Å². The zero-order valence-electron chi connectivity index (χ0n) is 20.7. The van der Waals surface area contributed by atoms with E-state index in [9.17, 15) is 9.90 Å². The van der Waals surface area contributed by atoms with Gasteiger partial charge in [-0.1, -0.05) is 42.0 Å². The monoisotopic (exact) mass is 472 g/mol. The summed E-state index contributed by atoms with van der Waals surface area (Å²) in [5.74, 6) is 0.588. The molecule has 35 heavy (non-hydrogen) atoms. The fourth-order valence-corrected chi connectivity index (χ4v) is 4.28. The number of hydrogen-bond acceptors (Lipinski definition) is 4. The van der Waals surface area contributed by atoms with Gasteiger partial charge in [0.2, 0.25) is 0 Å². The van der Waals surface area contributed by atoms with E-state index >= 15 is 0 Å². The highest BCUT2D eigenvalue weighted by atomic mass is 16.5. The number of nitrogens with zero attached hydrogens (tertiary/aromatic N) is 1. The molecule has 0 unspecified atom stereocenters. The molecule has 0 aliphatic rings. The summed E-state index contributed by atoms with van der Waals surface area (Å²) in [6, 6.07) is 21.9. The van der Waals surface area contributed by atoms with Gasteiger partial charge < -0.3 is 24.5 Å². The van der Waals surface area contributed by atoms with Gasteiger partial charge in [-0.2, -0.15) is 0 Å². The molecule has 3 aromatic carbocycles. The number of carboxylic acids is 1. The van der Waals surface area contributed by atoms with Crippen LogP contribution in [0.5, 0.6) is 11.5 Å². The smallest absolute Gasteiger partial charge is 0.352 e. The van der Waals surface area contributed by atoms with Crippen molar-refractivity contribution in [2.75, 3.05) is 7.11 Å². The predicted molar refractivity (Wildman–Crippen MR) is 138 cm³/mol. The Hall–Kier alpha value is -3.77. The van der Waals surface area contributed by atoms with E-state index in [0.29, 0.717) is 31.1 Å². The quantitative estimate of drug-likeness (QED) is 0.306. The number of benzene rings is 3. The number of fused-ring (bicyclic) bond motifs is 1. The van der Waals surface area contributed by atoms with Crippen molar-refractivity contribution in [1.29, 1.82) is 0 Å². The maximum Gasteiger partial charge on any atom is 0.352 e. The standard InChI is InChI=1S/C29H32N2O4/c1-19(2)35-23-11-9-21(10-12-23)16-30-17-26-25-14-13-24(34-4)15-27(25)31(28(26)29(32)33)18-22-7-5-20(3)6-8-22/h5-15,19,30H,16-18H2,1-4H3,(H,32,33). The summed E-state index contributed by atoms with van der Waals surface area (Å²) in [6.45, 7) is 7.54. The van der Waals surface area contributed by atoms with Gasteiger partial charge in [-0.05, 0) is 56.2 Å². The molecule has 0 saturated heterocycles. The summed E-state index contributed by atoms with van der Waals surface area (Å²) >= 11 is 0. The third-order valence-electron chi connectivity index (χ3n) is 5.97. The average molecular weight is 473 g/mol. The largest absolute Gasteiger partial charge is 0.497 e. The minimum absolute atomic E-state index is 0.129. The Balaban J connectivity index is 1.64. The van der Waals surface area contributed by atoms with Crippen molar-refractivity contribution < 1.29 is 19.4 Å². The lowest BCUT2D eigenvalue weighted by Crippen LogP contribution is -2.17. The molecule has 0 aliphatic carbocycles. The van der Waals surface area contributed by atoms with Gasteiger partial charge >= 0.3 is 5.97 Å². The van der Waals surface area contributed by atoms with E-state index in [0.717, 1.165) is 33.3 Å². The van der Waals surface area contributed by atoms with Gasteiger partial charge in [-0.25, -0.2) is 4.79 Å². The van der Waals surface area contributed by atoms with E-state index in [2.05, 4.69) is 5.32 Å². The van der Waals surface area contributed by atoms with Crippen LogP contribution in [0.25, 0.3) is 10.9 Å². The highest BCUT2D eigenvalue weighted by Gasteiger charge is 2.23. The van der Waals surface area contributed by atoms with Crippen LogP contribution >= 0.6 is 0 Å². The van der Waals surface area contributed by atoms with Crippen LogP contribution in [0.4, 0.5) is 0 Å². The van der Waals surface area contributed by atoms with Crippen molar-refractivity contribution in [3.05, 3.63) is 94.7 Å². The van der Waals surface area contributed by atoms with Crippen LogP contribution in [0, 0.1) is 6.92 Å². The van der Waals surface area contributed by atoms with Crippen LogP contribution in [0.2, 0.25) is 0 Å². The molecule has 0 amide bonds. The summed E-state index contributed by atoms with van der Waals surface area (Å²) in [4.78, 5) is 12.5. The Morgan fingerprint density at radius 1 is 0.943 bits per heavy atom. The molecule has 2 N–H and O–H groups in total. The van der Waals surface area contributed by atoms with E-state index in [1.807, 2.05) is 92.1 Å². The van der Waals surface area contributed by atoms with E-state index in [1.54, 1.807) is 7.11 Å². The second-order valence-corrected chi connectivity index (χ2v) is 9.00. The van der Waals surface area contributed by atoms with Crippen LogP contribution in [0.3, 0.4) is 0 Å². The number of carbonyl (C=O) groups is 1. The van der Waals surface area contributed by atoms with Crippen LogP contribution in [0.15, 0.2) is 66.7 Å². The Labute approximate surface area is 206 Å². The molecule has 0 spiro atoms. The first-order chi connectivity index (χ1) is 16.9. The Kier molecular flexibility index (Phi) is 7.42. The van der Waals surface area contributed by atoms with Gasteiger partial charge in [-0.3, -0.25) is 0 Å². The second-order valence-electron chi connectivity index (χ2n) is 9.00. The van der Waals surface area contributed by atoms with E-state index in [4.69, 9.17) is 9.47 Å². The molecule has 0 radical (unpaired) electrons. The number of methoxy groups -OCH3 is 1. The first kappa shape index (κ1) is 24.4. The van der Waals surface area contributed by atoms with Gasteiger partial charge in [0.15, 0.2) is 0 Å².